The number of rotatable bonds is 3. The van der Waals surface area contributed by atoms with E-state index in [1.165, 1.54) is 46.9 Å². The van der Waals surface area contributed by atoms with Crippen LogP contribution in [0.3, 0.4) is 0 Å². The number of nitrogens with zero attached hydrogens (tertiary/aromatic N) is 2. The van der Waals surface area contributed by atoms with Crippen LogP contribution in [0.2, 0.25) is 0 Å². The topological polar surface area (TPSA) is 15.6 Å². The predicted octanol–water partition coefficient (Wildman–Crippen LogP) is 4.84. The molecule has 2 nitrogen and oxygen atoms in total. The monoisotopic (exact) mass is 322 g/mol. The molecule has 0 N–H and O–H groups in total. The lowest BCUT2D eigenvalue weighted by molar-refractivity contribution is 0.276. The van der Waals surface area contributed by atoms with E-state index in [1.54, 1.807) is 0 Å². The minimum absolute atomic E-state index is 0.499. The molecule has 1 heterocycles. The Labute approximate surface area is 142 Å². The molecule has 0 saturated heterocycles. The zero-order chi connectivity index (χ0) is 15.6. The predicted molar refractivity (Wildman–Crippen MR) is 97.4 cm³/mol. The molecule has 1 saturated carbocycles. The summed E-state index contributed by atoms with van der Waals surface area (Å²) in [4.78, 5) is 10.1. The van der Waals surface area contributed by atoms with Gasteiger partial charge in [0.2, 0.25) is 0 Å². The molecule has 118 valence electrons. The third-order valence-electron chi connectivity index (χ3n) is 4.91. The Balaban J connectivity index is 1.67. The van der Waals surface area contributed by atoms with E-state index in [1.807, 2.05) is 11.8 Å². The zero-order valence-electron chi connectivity index (χ0n) is 13.5. The molecule has 2 atom stereocenters. The highest BCUT2D eigenvalue weighted by molar-refractivity contribution is 7.99. The van der Waals surface area contributed by atoms with Crippen LogP contribution in [0.4, 0.5) is 0 Å². The van der Waals surface area contributed by atoms with Crippen molar-refractivity contribution >= 4 is 17.6 Å². The average molecular weight is 322 g/mol. The van der Waals surface area contributed by atoms with Gasteiger partial charge in [-0.15, -0.1) is 0 Å². The summed E-state index contributed by atoms with van der Waals surface area (Å²) in [6.45, 7) is 0. The van der Waals surface area contributed by atoms with Gasteiger partial charge in [-0.2, -0.15) is 0 Å². The van der Waals surface area contributed by atoms with Gasteiger partial charge in [-0.1, -0.05) is 61.0 Å². The fraction of sp³-hybridized carbons (Fsp3) is 0.350. The van der Waals surface area contributed by atoms with Gasteiger partial charge in [0.1, 0.15) is 5.84 Å². The molecule has 4 rings (SSSR count). The first-order valence-electron chi connectivity index (χ1n) is 8.46. The number of amidine groups is 1. The number of benzene rings is 2. The third-order valence-corrected chi connectivity index (χ3v) is 6.00. The molecule has 1 aliphatic carbocycles. The molecule has 2 aromatic rings. The molecule has 0 unspecified atom stereocenters. The maximum absolute atomic E-state index is 5.09. The van der Waals surface area contributed by atoms with Crippen molar-refractivity contribution in [2.75, 3.05) is 7.05 Å². The quantitative estimate of drug-likeness (QED) is 0.803. The Morgan fingerprint density at radius 1 is 0.957 bits per heavy atom. The fourth-order valence-corrected chi connectivity index (χ4v) is 4.68. The Bertz CT molecular complexity index is 711. The summed E-state index contributed by atoms with van der Waals surface area (Å²) in [6, 6.07) is 20.4. The van der Waals surface area contributed by atoms with E-state index in [2.05, 4.69) is 66.5 Å². The lowest BCUT2D eigenvalue weighted by atomic mass is 9.91. The van der Waals surface area contributed by atoms with Gasteiger partial charge in [0, 0.05) is 22.4 Å². The van der Waals surface area contributed by atoms with Gasteiger partial charge in [0.25, 0.3) is 0 Å². The van der Waals surface area contributed by atoms with Crippen molar-refractivity contribution in [1.29, 1.82) is 0 Å². The minimum atomic E-state index is 0.499. The first-order valence-corrected chi connectivity index (χ1v) is 9.27. The van der Waals surface area contributed by atoms with Crippen molar-refractivity contribution in [1.82, 2.24) is 4.90 Å². The van der Waals surface area contributed by atoms with E-state index in [0.29, 0.717) is 12.1 Å². The van der Waals surface area contributed by atoms with E-state index >= 15 is 0 Å². The molecular weight excluding hydrogens is 300 g/mol. The Kier molecular flexibility index (Phi) is 4.13. The zero-order valence-corrected chi connectivity index (χ0v) is 14.3. The van der Waals surface area contributed by atoms with Crippen molar-refractivity contribution in [3.8, 4) is 0 Å². The number of hydrogen-bond donors (Lipinski definition) is 0. The Morgan fingerprint density at radius 2 is 1.70 bits per heavy atom. The molecule has 0 bridgehead atoms. The molecule has 2 aliphatic rings. The maximum Gasteiger partial charge on any atom is 0.132 e. The number of hydrogen-bond acceptors (Lipinski definition) is 3. The number of aliphatic imine (C=N–C) groups is 1. The van der Waals surface area contributed by atoms with E-state index < -0.39 is 0 Å². The van der Waals surface area contributed by atoms with E-state index in [0.717, 1.165) is 0 Å². The van der Waals surface area contributed by atoms with E-state index in [4.69, 9.17) is 4.99 Å². The standard InChI is InChI=1S/C20H22N2S/c1-22-18-13-7-6-12-17(18)21-20(22)16-11-5-8-14-19(16)23-15-9-3-2-4-10-15/h2-5,8-11,14,17-18H,6-7,12-13H2,1H3/t17-,18-/m0/s1. The van der Waals surface area contributed by atoms with Crippen LogP contribution in [0.15, 0.2) is 69.4 Å². The Hall–Kier alpha value is -1.74. The van der Waals surface area contributed by atoms with Gasteiger partial charge >= 0.3 is 0 Å². The molecule has 1 aliphatic heterocycles. The van der Waals surface area contributed by atoms with Crippen LogP contribution < -0.4 is 0 Å². The second kappa shape index (κ2) is 6.40. The molecule has 23 heavy (non-hydrogen) atoms. The summed E-state index contributed by atoms with van der Waals surface area (Å²) in [7, 11) is 2.22. The van der Waals surface area contributed by atoms with Crippen LogP contribution >= 0.6 is 11.8 Å². The molecule has 2 aromatic carbocycles. The van der Waals surface area contributed by atoms with Gasteiger partial charge in [0.15, 0.2) is 0 Å². The van der Waals surface area contributed by atoms with Gasteiger partial charge in [-0.05, 0) is 31.0 Å². The summed E-state index contributed by atoms with van der Waals surface area (Å²) in [6.07, 6.45) is 5.19. The van der Waals surface area contributed by atoms with Crippen molar-refractivity contribution in [3.05, 3.63) is 60.2 Å². The van der Waals surface area contributed by atoms with Crippen molar-refractivity contribution < 1.29 is 0 Å². The highest BCUT2D eigenvalue weighted by Crippen LogP contribution is 2.36. The van der Waals surface area contributed by atoms with Gasteiger partial charge in [-0.3, -0.25) is 4.99 Å². The van der Waals surface area contributed by atoms with Crippen LogP contribution in [0.5, 0.6) is 0 Å². The van der Waals surface area contributed by atoms with Crippen LogP contribution in [0.25, 0.3) is 0 Å². The summed E-state index contributed by atoms with van der Waals surface area (Å²) >= 11 is 1.83. The van der Waals surface area contributed by atoms with Crippen LogP contribution in [-0.2, 0) is 0 Å². The molecule has 0 aromatic heterocycles. The van der Waals surface area contributed by atoms with Crippen LogP contribution in [-0.4, -0.2) is 29.9 Å². The van der Waals surface area contributed by atoms with Crippen molar-refractivity contribution in [2.24, 2.45) is 4.99 Å². The molecule has 3 heteroatoms. The highest BCUT2D eigenvalue weighted by atomic mass is 32.2. The van der Waals surface area contributed by atoms with E-state index in [-0.39, 0.29) is 0 Å². The second-order valence-electron chi connectivity index (χ2n) is 6.39. The molecular formula is C20H22N2S. The van der Waals surface area contributed by atoms with Crippen molar-refractivity contribution in [3.63, 3.8) is 0 Å². The lowest BCUT2D eigenvalue weighted by Crippen LogP contribution is -2.38. The normalized spacial score (nSPS) is 23.5. The summed E-state index contributed by atoms with van der Waals surface area (Å²) < 4.78 is 0. The molecule has 0 spiro atoms. The van der Waals surface area contributed by atoms with Crippen LogP contribution in [0.1, 0.15) is 31.2 Å². The van der Waals surface area contributed by atoms with Crippen molar-refractivity contribution in [2.45, 2.75) is 47.6 Å². The first-order chi connectivity index (χ1) is 11.3. The molecule has 1 fully saturated rings. The summed E-state index contributed by atoms with van der Waals surface area (Å²) in [5.74, 6) is 1.18. The fourth-order valence-electron chi connectivity index (χ4n) is 3.71. The number of fused-ring (bicyclic) bond motifs is 1. The molecule has 0 amide bonds. The smallest absolute Gasteiger partial charge is 0.132 e. The van der Waals surface area contributed by atoms with Gasteiger partial charge < -0.3 is 4.90 Å². The Morgan fingerprint density at radius 3 is 2.52 bits per heavy atom. The highest BCUT2D eigenvalue weighted by Gasteiger charge is 2.36. The first kappa shape index (κ1) is 14.8. The van der Waals surface area contributed by atoms with Gasteiger partial charge in [0.05, 0.1) is 12.1 Å². The second-order valence-corrected chi connectivity index (χ2v) is 7.51. The third kappa shape index (κ3) is 2.90. The minimum Gasteiger partial charge on any atom is -0.354 e. The summed E-state index contributed by atoms with van der Waals surface area (Å²) in [5.41, 5.74) is 1.28. The SMILES string of the molecule is CN1C(c2ccccc2Sc2ccccc2)=N[C@H]2CCCC[C@@H]21. The summed E-state index contributed by atoms with van der Waals surface area (Å²) in [5, 5.41) is 0. The number of likely N-dealkylation sites (N-methyl/N-ethyl adjacent to an activating group) is 1. The molecule has 0 radical (unpaired) electrons. The largest absolute Gasteiger partial charge is 0.354 e. The maximum atomic E-state index is 5.09. The van der Waals surface area contributed by atoms with E-state index in [9.17, 15) is 0 Å². The lowest BCUT2D eigenvalue weighted by Gasteiger charge is -2.30. The van der Waals surface area contributed by atoms with Crippen LogP contribution in [0, 0.1) is 0 Å². The van der Waals surface area contributed by atoms with Gasteiger partial charge in [-0.25, -0.2) is 0 Å². The average Bonchev–Trinajstić information content (AvgIpc) is 2.94.